The number of hydrogen-bond donors (Lipinski definition) is 2. The van der Waals surface area contributed by atoms with Gasteiger partial charge >= 0.3 is 12.3 Å². The third-order valence-electron chi connectivity index (χ3n) is 3.68. The van der Waals surface area contributed by atoms with Gasteiger partial charge in [-0.2, -0.15) is 8.78 Å². The fraction of sp³-hybridized carbons (Fsp3) is 0.312. The van der Waals surface area contributed by atoms with Crippen molar-refractivity contribution in [2.75, 3.05) is 30.0 Å². The van der Waals surface area contributed by atoms with E-state index in [0.29, 0.717) is 0 Å². The van der Waals surface area contributed by atoms with Gasteiger partial charge in [0.25, 0.3) is 5.56 Å². The van der Waals surface area contributed by atoms with Crippen LogP contribution in [0.5, 0.6) is 5.75 Å². The molecule has 1 aromatic carbocycles. The molecule has 0 aliphatic rings. The lowest BCUT2D eigenvalue weighted by molar-refractivity contribution is -0.116. The Morgan fingerprint density at radius 1 is 1.26 bits per heavy atom. The second-order valence-electron chi connectivity index (χ2n) is 5.81. The quantitative estimate of drug-likeness (QED) is 0.749. The van der Waals surface area contributed by atoms with Crippen molar-refractivity contribution >= 4 is 23.1 Å². The van der Waals surface area contributed by atoms with Crippen molar-refractivity contribution < 1.29 is 18.3 Å². The van der Waals surface area contributed by atoms with Crippen LogP contribution in [0.1, 0.15) is 0 Å². The van der Waals surface area contributed by atoms with E-state index in [4.69, 9.17) is 5.73 Å². The van der Waals surface area contributed by atoms with Gasteiger partial charge in [0.15, 0.2) is 0 Å². The molecule has 9 nitrogen and oxygen atoms in total. The molecule has 2 aromatic rings. The highest BCUT2D eigenvalue weighted by Gasteiger charge is 2.18. The molecule has 3 N–H and O–H groups in total. The number of aromatic nitrogens is 2. The smallest absolute Gasteiger partial charge is 0.387 e. The standard InChI is InChI=1S/C16H19F2N5O4/c1-21(2)12-13(19)22(3)16(26)23(14(12)25)8-11(24)20-9-4-6-10(7-5-9)27-15(17)18/h4-7,15H,8,19H2,1-3H3,(H,20,24). The van der Waals surface area contributed by atoms with E-state index in [1.165, 1.54) is 36.2 Å². The van der Waals surface area contributed by atoms with Gasteiger partial charge in [0, 0.05) is 26.8 Å². The lowest BCUT2D eigenvalue weighted by Crippen LogP contribution is -2.44. The molecule has 11 heteroatoms. The van der Waals surface area contributed by atoms with Crippen LogP contribution in [0.25, 0.3) is 0 Å². The molecule has 0 saturated heterocycles. The molecule has 2 rings (SSSR count). The average molecular weight is 383 g/mol. The summed E-state index contributed by atoms with van der Waals surface area (Å²) < 4.78 is 30.3. The van der Waals surface area contributed by atoms with E-state index in [1.54, 1.807) is 14.1 Å². The Morgan fingerprint density at radius 2 is 1.85 bits per heavy atom. The van der Waals surface area contributed by atoms with Gasteiger partial charge in [-0.3, -0.25) is 14.2 Å². The Kier molecular flexibility index (Phi) is 5.83. The van der Waals surface area contributed by atoms with E-state index >= 15 is 0 Å². The number of ether oxygens (including phenoxy) is 1. The third kappa shape index (κ3) is 4.43. The van der Waals surface area contributed by atoms with Crippen LogP contribution in [0.4, 0.5) is 26.0 Å². The van der Waals surface area contributed by atoms with Crippen molar-refractivity contribution in [2.45, 2.75) is 13.2 Å². The number of amides is 1. The van der Waals surface area contributed by atoms with Crippen LogP contribution in [0.3, 0.4) is 0 Å². The molecule has 0 unspecified atom stereocenters. The number of nitrogens with two attached hydrogens (primary N) is 1. The molecule has 0 bridgehead atoms. The maximum atomic E-state index is 12.5. The molecule has 0 fully saturated rings. The first-order chi connectivity index (χ1) is 12.6. The number of carbonyl (C=O) groups is 1. The summed E-state index contributed by atoms with van der Waals surface area (Å²) >= 11 is 0. The van der Waals surface area contributed by atoms with Crippen LogP contribution in [-0.2, 0) is 18.4 Å². The predicted octanol–water partition coefficient (Wildman–Crippen LogP) is 0.435. The molecule has 0 aliphatic carbocycles. The van der Waals surface area contributed by atoms with Crippen LogP contribution in [-0.4, -0.2) is 35.7 Å². The van der Waals surface area contributed by atoms with Crippen molar-refractivity contribution in [3.63, 3.8) is 0 Å². The van der Waals surface area contributed by atoms with Crippen molar-refractivity contribution in [2.24, 2.45) is 7.05 Å². The number of halogens is 2. The van der Waals surface area contributed by atoms with Gasteiger partial charge in [0.05, 0.1) is 0 Å². The summed E-state index contributed by atoms with van der Waals surface area (Å²) in [6.45, 7) is -3.49. The Balaban J connectivity index is 2.23. The zero-order chi connectivity index (χ0) is 20.3. The highest BCUT2D eigenvalue weighted by molar-refractivity contribution is 5.90. The number of anilines is 3. The van der Waals surface area contributed by atoms with Crippen molar-refractivity contribution in [1.29, 1.82) is 0 Å². The van der Waals surface area contributed by atoms with Crippen LogP contribution in [0.2, 0.25) is 0 Å². The van der Waals surface area contributed by atoms with Gasteiger partial charge in [-0.25, -0.2) is 9.36 Å². The van der Waals surface area contributed by atoms with Crippen molar-refractivity contribution in [3.8, 4) is 5.75 Å². The first-order valence-electron chi connectivity index (χ1n) is 7.73. The molecule has 1 amide bonds. The first kappa shape index (κ1) is 19.9. The average Bonchev–Trinajstić information content (AvgIpc) is 2.58. The van der Waals surface area contributed by atoms with E-state index in [0.717, 1.165) is 9.13 Å². The Labute approximate surface area is 152 Å². The molecule has 0 saturated carbocycles. The summed E-state index contributed by atoms with van der Waals surface area (Å²) in [6.07, 6.45) is 0. The molecule has 0 spiro atoms. The summed E-state index contributed by atoms with van der Waals surface area (Å²) in [7, 11) is 4.57. The number of carbonyl (C=O) groups excluding carboxylic acids is 1. The minimum atomic E-state index is -2.95. The molecule has 0 aliphatic heterocycles. The third-order valence-corrected chi connectivity index (χ3v) is 3.68. The highest BCUT2D eigenvalue weighted by Crippen LogP contribution is 2.17. The van der Waals surface area contributed by atoms with Crippen LogP contribution in [0, 0.1) is 0 Å². The molecular weight excluding hydrogens is 364 g/mol. The van der Waals surface area contributed by atoms with Gasteiger partial charge in [-0.15, -0.1) is 0 Å². The van der Waals surface area contributed by atoms with Crippen molar-refractivity contribution in [3.05, 3.63) is 45.1 Å². The molecule has 27 heavy (non-hydrogen) atoms. The van der Waals surface area contributed by atoms with E-state index < -0.39 is 30.3 Å². The van der Waals surface area contributed by atoms with E-state index in [2.05, 4.69) is 10.1 Å². The van der Waals surface area contributed by atoms with E-state index in [9.17, 15) is 23.2 Å². The minimum Gasteiger partial charge on any atom is -0.435 e. The lowest BCUT2D eigenvalue weighted by atomic mass is 10.3. The molecule has 146 valence electrons. The predicted molar refractivity (Wildman–Crippen MR) is 96.4 cm³/mol. The second-order valence-corrected chi connectivity index (χ2v) is 5.81. The zero-order valence-electron chi connectivity index (χ0n) is 14.9. The number of nitrogens with one attached hydrogen (secondary N) is 1. The molecule has 0 radical (unpaired) electrons. The van der Waals surface area contributed by atoms with Crippen LogP contribution in [0.15, 0.2) is 33.9 Å². The van der Waals surface area contributed by atoms with E-state index in [-0.39, 0.29) is 22.9 Å². The number of rotatable bonds is 6. The molecule has 1 heterocycles. The van der Waals surface area contributed by atoms with Gasteiger partial charge < -0.3 is 20.7 Å². The lowest BCUT2D eigenvalue weighted by Gasteiger charge is -2.18. The minimum absolute atomic E-state index is 0.0127. The van der Waals surface area contributed by atoms with Gasteiger partial charge in [-0.05, 0) is 24.3 Å². The topological polar surface area (TPSA) is 112 Å². The summed E-state index contributed by atoms with van der Waals surface area (Å²) in [5.74, 6) is -0.727. The SMILES string of the molecule is CN(C)c1c(N)n(C)c(=O)n(CC(=O)Nc2ccc(OC(F)F)cc2)c1=O. The maximum absolute atomic E-state index is 12.5. The summed E-state index contributed by atoms with van der Waals surface area (Å²) in [4.78, 5) is 38.4. The Bertz CT molecular complexity index is 951. The van der Waals surface area contributed by atoms with Crippen molar-refractivity contribution in [1.82, 2.24) is 9.13 Å². The Hall–Kier alpha value is -3.37. The van der Waals surface area contributed by atoms with Gasteiger partial charge in [0.2, 0.25) is 5.91 Å². The van der Waals surface area contributed by atoms with Gasteiger partial charge in [0.1, 0.15) is 23.8 Å². The second kappa shape index (κ2) is 7.89. The first-order valence-corrected chi connectivity index (χ1v) is 7.73. The van der Waals surface area contributed by atoms with E-state index in [1.807, 2.05) is 0 Å². The number of benzene rings is 1. The molecular formula is C16H19F2N5O4. The number of alkyl halides is 2. The number of nitrogens with zero attached hydrogens (tertiary/aromatic N) is 3. The van der Waals surface area contributed by atoms with Gasteiger partial charge in [-0.1, -0.05) is 0 Å². The normalized spacial score (nSPS) is 10.7. The Morgan fingerprint density at radius 3 is 2.37 bits per heavy atom. The number of hydrogen-bond acceptors (Lipinski definition) is 6. The monoisotopic (exact) mass is 383 g/mol. The fourth-order valence-corrected chi connectivity index (χ4v) is 2.39. The number of nitrogen functional groups attached to an aromatic ring is 1. The van der Waals surface area contributed by atoms with Crippen LogP contribution >= 0.6 is 0 Å². The maximum Gasteiger partial charge on any atom is 0.387 e. The summed E-state index contributed by atoms with van der Waals surface area (Å²) in [6, 6.07) is 5.20. The van der Waals surface area contributed by atoms with Crippen LogP contribution < -0.4 is 31.9 Å². The fourth-order valence-electron chi connectivity index (χ4n) is 2.39. The summed E-state index contributed by atoms with van der Waals surface area (Å²) in [5, 5.41) is 2.47. The molecule has 1 aromatic heterocycles. The highest BCUT2D eigenvalue weighted by atomic mass is 19.3. The zero-order valence-corrected chi connectivity index (χ0v) is 14.9. The molecule has 0 atom stereocenters. The summed E-state index contributed by atoms with van der Waals surface area (Å²) in [5.41, 5.74) is 4.73. The largest absolute Gasteiger partial charge is 0.435 e.